The van der Waals surface area contributed by atoms with Crippen molar-refractivity contribution < 1.29 is 18.7 Å². The lowest BCUT2D eigenvalue weighted by molar-refractivity contribution is -0.120. The van der Waals surface area contributed by atoms with E-state index in [-0.39, 0.29) is 17.1 Å². The van der Waals surface area contributed by atoms with Gasteiger partial charge in [0.2, 0.25) is 0 Å². The molecule has 0 spiro atoms. The van der Waals surface area contributed by atoms with E-state index in [1.54, 1.807) is 30.3 Å². The highest BCUT2D eigenvalue weighted by Gasteiger charge is 2.40. The molecule has 0 aliphatic carbocycles. The van der Waals surface area contributed by atoms with Crippen LogP contribution in [0.4, 0.5) is 15.8 Å². The van der Waals surface area contributed by atoms with Crippen molar-refractivity contribution >= 4 is 28.8 Å². The number of hydrogen-bond acceptors (Lipinski definition) is 4. The van der Waals surface area contributed by atoms with E-state index in [0.717, 1.165) is 11.1 Å². The maximum Gasteiger partial charge on any atom is 0.282 e. The molecular weight excluding hydrogens is 407 g/mol. The van der Waals surface area contributed by atoms with Gasteiger partial charge in [0.1, 0.15) is 17.3 Å². The molecule has 4 rings (SSSR count). The standard InChI is InChI=1S/C26H23FN2O3/c1-4-32-22-13-6-18(7-14-22)23-24(28-20-10-8-19(27)9-11-20)26(31)29(25(23)30)21-12-5-16(2)17(3)15-21/h5-15,28H,4H2,1-3H3. The van der Waals surface area contributed by atoms with Gasteiger partial charge in [0.15, 0.2) is 0 Å². The molecule has 0 aromatic heterocycles. The van der Waals surface area contributed by atoms with Crippen LogP contribution in [-0.4, -0.2) is 18.4 Å². The van der Waals surface area contributed by atoms with E-state index in [4.69, 9.17) is 4.74 Å². The lowest BCUT2D eigenvalue weighted by Crippen LogP contribution is -2.32. The molecule has 1 N–H and O–H groups in total. The van der Waals surface area contributed by atoms with Crippen LogP contribution in [0.5, 0.6) is 5.75 Å². The quantitative estimate of drug-likeness (QED) is 0.544. The third kappa shape index (κ3) is 3.99. The largest absolute Gasteiger partial charge is 0.494 e. The Bertz CT molecular complexity index is 1210. The first-order valence-corrected chi connectivity index (χ1v) is 10.3. The average Bonchev–Trinajstić information content (AvgIpc) is 3.02. The zero-order valence-corrected chi connectivity index (χ0v) is 18.1. The molecule has 0 radical (unpaired) electrons. The highest BCUT2D eigenvalue weighted by molar-refractivity contribution is 6.46. The summed E-state index contributed by atoms with van der Waals surface area (Å²) in [5.41, 5.74) is 4.03. The Balaban J connectivity index is 1.79. The minimum absolute atomic E-state index is 0.143. The van der Waals surface area contributed by atoms with Crippen molar-refractivity contribution in [2.75, 3.05) is 16.8 Å². The first-order chi connectivity index (χ1) is 15.4. The fourth-order valence-corrected chi connectivity index (χ4v) is 3.57. The zero-order valence-electron chi connectivity index (χ0n) is 18.1. The van der Waals surface area contributed by atoms with Crippen LogP contribution in [0.15, 0.2) is 72.4 Å². The van der Waals surface area contributed by atoms with Crippen LogP contribution in [0.25, 0.3) is 5.57 Å². The summed E-state index contributed by atoms with van der Waals surface area (Å²) in [5.74, 6) is -0.604. The van der Waals surface area contributed by atoms with Gasteiger partial charge in [-0.05, 0) is 86.0 Å². The van der Waals surface area contributed by atoms with Gasteiger partial charge < -0.3 is 10.1 Å². The summed E-state index contributed by atoms with van der Waals surface area (Å²) in [4.78, 5) is 28.1. The van der Waals surface area contributed by atoms with Crippen LogP contribution >= 0.6 is 0 Å². The number of benzene rings is 3. The van der Waals surface area contributed by atoms with Gasteiger partial charge in [-0.15, -0.1) is 0 Å². The van der Waals surface area contributed by atoms with E-state index >= 15 is 0 Å². The van der Waals surface area contributed by atoms with Gasteiger partial charge in [-0.2, -0.15) is 0 Å². The summed E-state index contributed by atoms with van der Waals surface area (Å²) in [7, 11) is 0. The Morgan fingerprint density at radius 1 is 0.875 bits per heavy atom. The molecule has 1 aliphatic heterocycles. The predicted octanol–water partition coefficient (Wildman–Crippen LogP) is 5.24. The number of carbonyl (C=O) groups is 2. The molecule has 1 heterocycles. The molecule has 32 heavy (non-hydrogen) atoms. The molecule has 2 amide bonds. The molecule has 162 valence electrons. The molecule has 0 bridgehead atoms. The number of hydrogen-bond donors (Lipinski definition) is 1. The van der Waals surface area contributed by atoms with E-state index < -0.39 is 11.8 Å². The van der Waals surface area contributed by atoms with E-state index in [0.29, 0.717) is 29.3 Å². The predicted molar refractivity (Wildman–Crippen MR) is 123 cm³/mol. The lowest BCUT2D eigenvalue weighted by atomic mass is 10.0. The van der Waals surface area contributed by atoms with Crippen molar-refractivity contribution in [1.82, 2.24) is 0 Å². The van der Waals surface area contributed by atoms with Crippen molar-refractivity contribution in [2.24, 2.45) is 0 Å². The Morgan fingerprint density at radius 2 is 1.56 bits per heavy atom. The Morgan fingerprint density at radius 3 is 2.19 bits per heavy atom. The molecule has 0 atom stereocenters. The van der Waals surface area contributed by atoms with Crippen molar-refractivity contribution in [3.8, 4) is 5.75 Å². The second-order valence-electron chi connectivity index (χ2n) is 7.55. The summed E-state index contributed by atoms with van der Waals surface area (Å²) in [5, 5.41) is 3.03. The van der Waals surface area contributed by atoms with Crippen molar-refractivity contribution in [2.45, 2.75) is 20.8 Å². The van der Waals surface area contributed by atoms with E-state index in [1.807, 2.05) is 32.9 Å². The summed E-state index contributed by atoms with van der Waals surface area (Å²) >= 11 is 0. The van der Waals surface area contributed by atoms with Gasteiger partial charge >= 0.3 is 0 Å². The summed E-state index contributed by atoms with van der Waals surface area (Å²) in [6, 6.07) is 18.1. The molecule has 3 aromatic rings. The number of nitrogens with one attached hydrogen (secondary N) is 1. The van der Waals surface area contributed by atoms with Crippen LogP contribution in [-0.2, 0) is 9.59 Å². The highest BCUT2D eigenvalue weighted by Crippen LogP contribution is 2.35. The van der Waals surface area contributed by atoms with E-state index in [1.165, 1.54) is 29.2 Å². The Labute approximate surface area is 186 Å². The number of nitrogens with zero attached hydrogens (tertiary/aromatic N) is 1. The van der Waals surface area contributed by atoms with Crippen molar-refractivity contribution in [3.05, 3.63) is 94.9 Å². The number of halogens is 1. The number of anilines is 2. The summed E-state index contributed by atoms with van der Waals surface area (Å²) < 4.78 is 18.8. The molecule has 0 fully saturated rings. The maximum atomic E-state index is 13.5. The highest BCUT2D eigenvalue weighted by atomic mass is 19.1. The number of carbonyl (C=O) groups excluding carboxylic acids is 2. The SMILES string of the molecule is CCOc1ccc(C2=C(Nc3ccc(F)cc3)C(=O)N(c3ccc(C)c(C)c3)C2=O)cc1. The molecule has 3 aromatic carbocycles. The number of aryl methyl sites for hydroxylation is 2. The number of rotatable bonds is 6. The Hall–Kier alpha value is -3.93. The van der Waals surface area contributed by atoms with Gasteiger partial charge in [0.25, 0.3) is 11.8 Å². The monoisotopic (exact) mass is 430 g/mol. The van der Waals surface area contributed by atoms with Crippen molar-refractivity contribution in [1.29, 1.82) is 0 Å². The molecule has 0 unspecified atom stereocenters. The molecule has 0 saturated carbocycles. The zero-order chi connectivity index (χ0) is 22.8. The lowest BCUT2D eigenvalue weighted by Gasteiger charge is -2.17. The normalized spacial score (nSPS) is 13.7. The number of imide groups is 1. The van der Waals surface area contributed by atoms with Crippen molar-refractivity contribution in [3.63, 3.8) is 0 Å². The number of ether oxygens (including phenoxy) is 1. The van der Waals surface area contributed by atoms with Crippen LogP contribution < -0.4 is 15.0 Å². The van der Waals surface area contributed by atoms with Gasteiger partial charge in [-0.1, -0.05) is 18.2 Å². The van der Waals surface area contributed by atoms with E-state index in [2.05, 4.69) is 5.32 Å². The average molecular weight is 430 g/mol. The van der Waals surface area contributed by atoms with Gasteiger partial charge in [-0.3, -0.25) is 9.59 Å². The van der Waals surface area contributed by atoms with Crippen LogP contribution in [0.2, 0.25) is 0 Å². The molecule has 6 heteroatoms. The molecular formula is C26H23FN2O3. The smallest absolute Gasteiger partial charge is 0.282 e. The van der Waals surface area contributed by atoms with Crippen LogP contribution in [0, 0.1) is 19.7 Å². The minimum Gasteiger partial charge on any atom is -0.494 e. The third-order valence-corrected chi connectivity index (χ3v) is 5.40. The topological polar surface area (TPSA) is 58.6 Å². The number of amides is 2. The summed E-state index contributed by atoms with van der Waals surface area (Å²) in [6.45, 7) is 6.32. The first kappa shape index (κ1) is 21.3. The van der Waals surface area contributed by atoms with Gasteiger partial charge in [0.05, 0.1) is 17.9 Å². The second-order valence-corrected chi connectivity index (χ2v) is 7.55. The Kier molecular flexibility index (Phi) is 5.77. The van der Waals surface area contributed by atoms with Gasteiger partial charge in [-0.25, -0.2) is 9.29 Å². The second kappa shape index (κ2) is 8.67. The minimum atomic E-state index is -0.466. The first-order valence-electron chi connectivity index (χ1n) is 10.3. The van der Waals surface area contributed by atoms with Crippen LogP contribution in [0.1, 0.15) is 23.6 Å². The van der Waals surface area contributed by atoms with Crippen LogP contribution in [0.3, 0.4) is 0 Å². The fourth-order valence-electron chi connectivity index (χ4n) is 3.57. The molecule has 1 aliphatic rings. The molecule has 5 nitrogen and oxygen atoms in total. The fraction of sp³-hybridized carbons (Fsp3) is 0.154. The molecule has 0 saturated heterocycles. The van der Waals surface area contributed by atoms with E-state index in [9.17, 15) is 14.0 Å². The maximum absolute atomic E-state index is 13.5. The third-order valence-electron chi connectivity index (χ3n) is 5.40. The van der Waals surface area contributed by atoms with Gasteiger partial charge in [0, 0.05) is 5.69 Å². The summed E-state index contributed by atoms with van der Waals surface area (Å²) in [6.07, 6.45) is 0.